The molecule has 0 aliphatic heterocycles. The molecule has 5 heteroatoms. The molecule has 0 saturated carbocycles. The maximum Gasteiger partial charge on any atom is 0.291 e. The first kappa shape index (κ1) is 9.65. The van der Waals surface area contributed by atoms with Gasteiger partial charge in [-0.1, -0.05) is 0 Å². The van der Waals surface area contributed by atoms with E-state index < -0.39 is 0 Å². The van der Waals surface area contributed by atoms with E-state index in [1.807, 2.05) is 16.7 Å². The van der Waals surface area contributed by atoms with Gasteiger partial charge in [-0.15, -0.1) is 0 Å². The number of pyridine rings is 1. The van der Waals surface area contributed by atoms with E-state index in [1.165, 1.54) is 6.26 Å². The van der Waals surface area contributed by atoms with E-state index in [0.29, 0.717) is 5.69 Å². The third-order valence-electron chi connectivity index (χ3n) is 2.39. The fraction of sp³-hybridized carbons (Fsp3) is 0. The molecular weight excluding hydrogens is 218 g/mol. The number of nitrogens with one attached hydrogen (secondary N) is 1. The van der Waals surface area contributed by atoms with Crippen LogP contribution in [0.1, 0.15) is 10.6 Å². The van der Waals surface area contributed by atoms with Gasteiger partial charge in [0.1, 0.15) is 5.65 Å². The van der Waals surface area contributed by atoms with Crippen LogP contribution in [0.2, 0.25) is 0 Å². The molecule has 0 bridgehead atoms. The first-order valence-corrected chi connectivity index (χ1v) is 5.10. The number of carbonyl (C=O) groups excluding carboxylic acids is 1. The molecule has 0 aromatic carbocycles. The Balaban J connectivity index is 1.87. The molecule has 0 spiro atoms. The van der Waals surface area contributed by atoms with Crippen molar-refractivity contribution in [3.63, 3.8) is 0 Å². The van der Waals surface area contributed by atoms with Gasteiger partial charge in [0.15, 0.2) is 5.76 Å². The summed E-state index contributed by atoms with van der Waals surface area (Å²) in [4.78, 5) is 15.8. The van der Waals surface area contributed by atoms with Crippen LogP contribution in [-0.4, -0.2) is 15.3 Å². The molecule has 0 radical (unpaired) electrons. The Kier molecular flexibility index (Phi) is 2.15. The number of aromatic nitrogens is 2. The summed E-state index contributed by atoms with van der Waals surface area (Å²) >= 11 is 0. The van der Waals surface area contributed by atoms with Crippen molar-refractivity contribution in [3.05, 3.63) is 54.9 Å². The van der Waals surface area contributed by atoms with Crippen molar-refractivity contribution in [2.75, 3.05) is 5.32 Å². The maximum absolute atomic E-state index is 11.7. The molecule has 0 saturated heterocycles. The molecule has 1 amide bonds. The van der Waals surface area contributed by atoms with Gasteiger partial charge in [-0.05, 0) is 24.3 Å². The standard InChI is InChI=1S/C12H9N3O2/c16-12(10-2-1-7-17-10)14-9-3-4-11-13-5-6-15(11)8-9/h1-8H,(H,14,16). The van der Waals surface area contributed by atoms with Crippen LogP contribution >= 0.6 is 0 Å². The average Bonchev–Trinajstić information content (AvgIpc) is 2.99. The fourth-order valence-corrected chi connectivity index (χ4v) is 1.59. The number of imidazole rings is 1. The van der Waals surface area contributed by atoms with E-state index in [9.17, 15) is 4.79 Å². The summed E-state index contributed by atoms with van der Waals surface area (Å²) in [6.45, 7) is 0. The molecule has 0 aliphatic rings. The van der Waals surface area contributed by atoms with Crippen LogP contribution in [0.5, 0.6) is 0 Å². The maximum atomic E-state index is 11.7. The SMILES string of the molecule is O=C(Nc1ccc2nccn2c1)c1ccco1. The molecule has 0 fully saturated rings. The van der Waals surface area contributed by atoms with Crippen molar-refractivity contribution in [1.29, 1.82) is 0 Å². The van der Waals surface area contributed by atoms with Crippen LogP contribution < -0.4 is 5.32 Å². The Morgan fingerprint density at radius 1 is 1.35 bits per heavy atom. The molecule has 17 heavy (non-hydrogen) atoms. The number of amides is 1. The molecule has 0 aliphatic carbocycles. The van der Waals surface area contributed by atoms with Crippen LogP contribution in [0, 0.1) is 0 Å². The Hall–Kier alpha value is -2.56. The number of hydrogen-bond donors (Lipinski definition) is 1. The van der Waals surface area contributed by atoms with Crippen LogP contribution in [0.3, 0.4) is 0 Å². The minimum Gasteiger partial charge on any atom is -0.459 e. The number of carbonyl (C=O) groups is 1. The highest BCUT2D eigenvalue weighted by Crippen LogP contribution is 2.11. The highest BCUT2D eigenvalue weighted by atomic mass is 16.3. The predicted octanol–water partition coefficient (Wildman–Crippen LogP) is 2.18. The van der Waals surface area contributed by atoms with E-state index in [-0.39, 0.29) is 11.7 Å². The van der Waals surface area contributed by atoms with E-state index in [2.05, 4.69) is 10.3 Å². The predicted molar refractivity (Wildman–Crippen MR) is 61.9 cm³/mol. The highest BCUT2D eigenvalue weighted by molar-refractivity contribution is 6.02. The lowest BCUT2D eigenvalue weighted by molar-refractivity contribution is 0.0996. The lowest BCUT2D eigenvalue weighted by atomic mass is 10.3. The number of fused-ring (bicyclic) bond motifs is 1. The normalized spacial score (nSPS) is 10.6. The molecular formula is C12H9N3O2. The molecule has 1 N–H and O–H groups in total. The van der Waals surface area contributed by atoms with Gasteiger partial charge >= 0.3 is 0 Å². The minimum absolute atomic E-state index is 0.269. The highest BCUT2D eigenvalue weighted by Gasteiger charge is 2.08. The Morgan fingerprint density at radius 3 is 3.12 bits per heavy atom. The van der Waals surface area contributed by atoms with Gasteiger partial charge < -0.3 is 14.1 Å². The zero-order valence-corrected chi connectivity index (χ0v) is 8.83. The first-order valence-electron chi connectivity index (χ1n) is 5.10. The third-order valence-corrected chi connectivity index (χ3v) is 2.39. The second-order valence-corrected chi connectivity index (χ2v) is 3.54. The van der Waals surface area contributed by atoms with Crippen molar-refractivity contribution >= 4 is 17.2 Å². The van der Waals surface area contributed by atoms with Crippen molar-refractivity contribution < 1.29 is 9.21 Å². The van der Waals surface area contributed by atoms with Gasteiger partial charge in [0, 0.05) is 18.6 Å². The topological polar surface area (TPSA) is 59.5 Å². The number of anilines is 1. The minimum atomic E-state index is -0.269. The summed E-state index contributed by atoms with van der Waals surface area (Å²) in [5, 5.41) is 2.74. The Bertz CT molecular complexity index is 655. The molecule has 5 nitrogen and oxygen atoms in total. The zero-order chi connectivity index (χ0) is 11.7. The second kappa shape index (κ2) is 3.79. The number of hydrogen-bond acceptors (Lipinski definition) is 3. The van der Waals surface area contributed by atoms with Crippen LogP contribution in [0.15, 0.2) is 53.5 Å². The summed E-state index contributed by atoms with van der Waals surface area (Å²) in [6, 6.07) is 6.92. The van der Waals surface area contributed by atoms with E-state index >= 15 is 0 Å². The third kappa shape index (κ3) is 1.78. The first-order chi connectivity index (χ1) is 8.33. The van der Waals surface area contributed by atoms with Crippen LogP contribution in [-0.2, 0) is 0 Å². The van der Waals surface area contributed by atoms with Crippen molar-refractivity contribution in [2.45, 2.75) is 0 Å². The molecule has 3 aromatic heterocycles. The molecule has 0 atom stereocenters. The van der Waals surface area contributed by atoms with Crippen LogP contribution in [0.25, 0.3) is 5.65 Å². The summed E-state index contributed by atoms with van der Waals surface area (Å²) < 4.78 is 6.84. The molecule has 3 rings (SSSR count). The number of rotatable bonds is 2. The number of nitrogens with zero attached hydrogens (tertiary/aromatic N) is 2. The molecule has 3 aromatic rings. The largest absolute Gasteiger partial charge is 0.459 e. The van der Waals surface area contributed by atoms with E-state index in [4.69, 9.17) is 4.42 Å². The lowest BCUT2D eigenvalue weighted by Gasteiger charge is -2.03. The van der Waals surface area contributed by atoms with E-state index in [0.717, 1.165) is 5.65 Å². The quantitative estimate of drug-likeness (QED) is 0.729. The van der Waals surface area contributed by atoms with E-state index in [1.54, 1.807) is 30.6 Å². The smallest absolute Gasteiger partial charge is 0.291 e. The van der Waals surface area contributed by atoms with Gasteiger partial charge in [0.05, 0.1) is 12.0 Å². The summed E-state index contributed by atoms with van der Waals surface area (Å²) in [7, 11) is 0. The lowest BCUT2D eigenvalue weighted by Crippen LogP contribution is -2.11. The zero-order valence-electron chi connectivity index (χ0n) is 8.83. The monoisotopic (exact) mass is 227 g/mol. The second-order valence-electron chi connectivity index (χ2n) is 3.54. The molecule has 0 unspecified atom stereocenters. The summed E-state index contributed by atoms with van der Waals surface area (Å²) in [6.07, 6.45) is 6.78. The van der Waals surface area contributed by atoms with Gasteiger partial charge in [-0.2, -0.15) is 0 Å². The van der Waals surface area contributed by atoms with Crippen molar-refractivity contribution in [2.24, 2.45) is 0 Å². The van der Waals surface area contributed by atoms with Crippen molar-refractivity contribution in [3.8, 4) is 0 Å². The Morgan fingerprint density at radius 2 is 2.29 bits per heavy atom. The van der Waals surface area contributed by atoms with Gasteiger partial charge in [0.2, 0.25) is 0 Å². The fourth-order valence-electron chi connectivity index (χ4n) is 1.59. The number of furan rings is 1. The Labute approximate surface area is 96.7 Å². The summed E-state index contributed by atoms with van der Waals surface area (Å²) in [5.74, 6) is 0.0187. The van der Waals surface area contributed by atoms with Gasteiger partial charge in [-0.25, -0.2) is 4.98 Å². The van der Waals surface area contributed by atoms with Gasteiger partial charge in [-0.3, -0.25) is 4.79 Å². The summed E-state index contributed by atoms with van der Waals surface area (Å²) in [5.41, 5.74) is 1.53. The van der Waals surface area contributed by atoms with Gasteiger partial charge in [0.25, 0.3) is 5.91 Å². The molecule has 84 valence electrons. The van der Waals surface area contributed by atoms with Crippen molar-refractivity contribution in [1.82, 2.24) is 9.38 Å². The molecule has 3 heterocycles. The average molecular weight is 227 g/mol. The van der Waals surface area contributed by atoms with Crippen LogP contribution in [0.4, 0.5) is 5.69 Å².